The second-order valence-electron chi connectivity index (χ2n) is 4.15. The summed E-state index contributed by atoms with van der Waals surface area (Å²) >= 11 is 0. The number of hydrogen-bond acceptors (Lipinski definition) is 5. The van der Waals surface area contributed by atoms with Crippen molar-refractivity contribution in [2.75, 3.05) is 7.11 Å². The van der Waals surface area contributed by atoms with E-state index in [0.717, 1.165) is 6.07 Å². The van der Waals surface area contributed by atoms with Gasteiger partial charge in [-0.3, -0.25) is 9.59 Å². The zero-order valence-electron chi connectivity index (χ0n) is 11.5. The molecule has 1 rings (SSSR count). The van der Waals surface area contributed by atoms with Gasteiger partial charge in [0.25, 0.3) is 5.91 Å². The highest BCUT2D eigenvalue weighted by Gasteiger charge is 2.25. The summed E-state index contributed by atoms with van der Waals surface area (Å²) in [6, 6.07) is 2.26. The van der Waals surface area contributed by atoms with Crippen LogP contribution >= 0.6 is 0 Å². The highest BCUT2D eigenvalue weighted by molar-refractivity contribution is 7.89. The fraction of sp³-hybridized carbons (Fsp3) is 0.333. The summed E-state index contributed by atoms with van der Waals surface area (Å²) in [7, 11) is -2.78. The first-order valence-electron chi connectivity index (χ1n) is 5.96. The molecule has 21 heavy (non-hydrogen) atoms. The fourth-order valence-corrected chi connectivity index (χ4v) is 2.91. The minimum Gasteiger partial charge on any atom is -0.496 e. The highest BCUT2D eigenvalue weighted by atomic mass is 32.2. The zero-order valence-corrected chi connectivity index (χ0v) is 12.3. The van der Waals surface area contributed by atoms with Crippen LogP contribution in [0.15, 0.2) is 23.1 Å². The lowest BCUT2D eigenvalue weighted by atomic mass is 10.2. The van der Waals surface area contributed by atoms with Gasteiger partial charge in [-0.2, -0.15) is 4.72 Å². The van der Waals surface area contributed by atoms with Crippen LogP contribution in [0.25, 0.3) is 0 Å². The quantitative estimate of drug-likeness (QED) is 0.644. The molecule has 1 amide bonds. The van der Waals surface area contributed by atoms with Gasteiger partial charge in [0.15, 0.2) is 0 Å². The predicted molar refractivity (Wildman–Crippen MR) is 73.5 cm³/mol. The third-order valence-corrected chi connectivity index (χ3v) is 4.22. The van der Waals surface area contributed by atoms with Gasteiger partial charge in [0.2, 0.25) is 10.0 Å². The second kappa shape index (κ2) is 6.55. The third kappa shape index (κ3) is 3.92. The van der Waals surface area contributed by atoms with Gasteiger partial charge in [0, 0.05) is 0 Å². The number of methoxy groups -OCH3 is 1. The van der Waals surface area contributed by atoms with Gasteiger partial charge in [-0.05, 0) is 24.6 Å². The van der Waals surface area contributed by atoms with Gasteiger partial charge >= 0.3 is 5.97 Å². The molecular weight excluding hydrogens is 300 g/mol. The molecule has 0 aliphatic heterocycles. The number of benzene rings is 1. The molecule has 1 aromatic carbocycles. The maximum Gasteiger partial charge on any atom is 0.321 e. The summed E-state index contributed by atoms with van der Waals surface area (Å²) in [5, 5.41) is 8.89. The first-order chi connectivity index (χ1) is 9.72. The average molecular weight is 316 g/mol. The smallest absolute Gasteiger partial charge is 0.321 e. The van der Waals surface area contributed by atoms with Gasteiger partial charge in [0.05, 0.1) is 17.6 Å². The summed E-state index contributed by atoms with van der Waals surface area (Å²) in [5.74, 6) is -2.01. The van der Waals surface area contributed by atoms with Crippen molar-refractivity contribution in [3.8, 4) is 5.75 Å². The van der Waals surface area contributed by atoms with E-state index in [-0.39, 0.29) is 22.6 Å². The van der Waals surface area contributed by atoms with Crippen LogP contribution < -0.4 is 15.2 Å². The number of nitrogens with one attached hydrogen (secondary N) is 1. The SMILES string of the molecule is CC[C@H](NS(=O)(=O)c1ccc(OC)c(C(N)=O)c1)C(=O)O. The summed E-state index contributed by atoms with van der Waals surface area (Å²) in [4.78, 5) is 21.9. The Hall–Kier alpha value is -2.13. The molecule has 0 aromatic heterocycles. The van der Waals surface area contributed by atoms with E-state index in [0.29, 0.717) is 0 Å². The number of nitrogens with two attached hydrogens (primary N) is 1. The van der Waals surface area contributed by atoms with Crippen LogP contribution in [0.2, 0.25) is 0 Å². The molecule has 0 fully saturated rings. The molecule has 0 aliphatic carbocycles. The van der Waals surface area contributed by atoms with Gasteiger partial charge in [-0.1, -0.05) is 6.92 Å². The van der Waals surface area contributed by atoms with E-state index in [1.807, 2.05) is 4.72 Å². The molecule has 9 heteroatoms. The van der Waals surface area contributed by atoms with Crippen molar-refractivity contribution >= 4 is 21.9 Å². The van der Waals surface area contributed by atoms with Gasteiger partial charge in [0.1, 0.15) is 11.8 Å². The Morgan fingerprint density at radius 1 is 1.43 bits per heavy atom. The maximum absolute atomic E-state index is 12.1. The summed E-state index contributed by atoms with van der Waals surface area (Å²) < 4.78 is 31.2. The van der Waals surface area contributed by atoms with Crippen molar-refractivity contribution in [1.82, 2.24) is 4.72 Å². The molecule has 4 N–H and O–H groups in total. The molecule has 0 bridgehead atoms. The lowest BCUT2D eigenvalue weighted by Gasteiger charge is -2.14. The van der Waals surface area contributed by atoms with Crippen LogP contribution in [-0.4, -0.2) is 38.6 Å². The number of carboxylic acids is 1. The number of rotatable bonds is 7. The van der Waals surface area contributed by atoms with E-state index < -0.39 is 27.9 Å². The lowest BCUT2D eigenvalue weighted by molar-refractivity contribution is -0.139. The Morgan fingerprint density at radius 2 is 2.05 bits per heavy atom. The second-order valence-corrected chi connectivity index (χ2v) is 5.86. The van der Waals surface area contributed by atoms with E-state index in [9.17, 15) is 18.0 Å². The molecule has 116 valence electrons. The number of sulfonamides is 1. The van der Waals surface area contributed by atoms with Crippen molar-refractivity contribution < 1.29 is 27.9 Å². The van der Waals surface area contributed by atoms with Crippen LogP contribution in [0.1, 0.15) is 23.7 Å². The van der Waals surface area contributed by atoms with Crippen molar-refractivity contribution in [2.24, 2.45) is 5.73 Å². The van der Waals surface area contributed by atoms with Crippen LogP contribution in [0.4, 0.5) is 0 Å². The number of carbonyl (C=O) groups is 2. The van der Waals surface area contributed by atoms with E-state index in [1.165, 1.54) is 26.2 Å². The first kappa shape index (κ1) is 16.9. The van der Waals surface area contributed by atoms with Crippen molar-refractivity contribution in [1.29, 1.82) is 0 Å². The molecule has 0 spiro atoms. The standard InChI is InChI=1S/C12H16N2O6S/c1-3-9(12(16)17)14-21(18,19)7-4-5-10(20-2)8(6-7)11(13)15/h4-6,9,14H,3H2,1-2H3,(H2,13,15)(H,16,17)/t9-/m0/s1. The molecule has 0 saturated carbocycles. The molecule has 0 saturated heterocycles. The van der Waals surface area contributed by atoms with E-state index in [4.69, 9.17) is 15.6 Å². The van der Waals surface area contributed by atoms with Gasteiger partial charge in [-0.25, -0.2) is 8.42 Å². The van der Waals surface area contributed by atoms with E-state index in [2.05, 4.69) is 0 Å². The zero-order chi connectivity index (χ0) is 16.2. The number of ether oxygens (including phenoxy) is 1. The lowest BCUT2D eigenvalue weighted by Crippen LogP contribution is -2.40. The predicted octanol–water partition coefficient (Wildman–Crippen LogP) is -0.0644. The number of aliphatic carboxylic acids is 1. The molecule has 1 aromatic rings. The highest BCUT2D eigenvalue weighted by Crippen LogP contribution is 2.22. The number of carboxylic acid groups (broad SMARTS) is 1. The maximum atomic E-state index is 12.1. The Bertz CT molecular complexity index is 656. The number of primary amides is 1. The molecule has 0 radical (unpaired) electrons. The van der Waals surface area contributed by atoms with Crippen molar-refractivity contribution in [2.45, 2.75) is 24.3 Å². The fourth-order valence-electron chi connectivity index (χ4n) is 1.61. The van der Waals surface area contributed by atoms with Crippen molar-refractivity contribution in [3.05, 3.63) is 23.8 Å². The van der Waals surface area contributed by atoms with Gasteiger partial charge in [-0.15, -0.1) is 0 Å². The Balaban J connectivity index is 3.23. The molecule has 0 aliphatic rings. The summed E-state index contributed by atoms with van der Waals surface area (Å²) in [5.41, 5.74) is 5.04. The van der Waals surface area contributed by atoms with Crippen LogP contribution in [0.3, 0.4) is 0 Å². The minimum atomic E-state index is -4.09. The minimum absolute atomic E-state index is 0.0768. The normalized spacial score (nSPS) is 12.7. The topological polar surface area (TPSA) is 136 Å². The molecule has 0 unspecified atom stereocenters. The van der Waals surface area contributed by atoms with Gasteiger partial charge < -0.3 is 15.6 Å². The van der Waals surface area contributed by atoms with E-state index >= 15 is 0 Å². The van der Waals surface area contributed by atoms with Crippen LogP contribution in [-0.2, 0) is 14.8 Å². The molecule has 0 heterocycles. The Morgan fingerprint density at radius 3 is 2.48 bits per heavy atom. The monoisotopic (exact) mass is 316 g/mol. The first-order valence-corrected chi connectivity index (χ1v) is 7.44. The Labute approximate surface area is 122 Å². The van der Waals surface area contributed by atoms with Crippen LogP contribution in [0.5, 0.6) is 5.75 Å². The number of carbonyl (C=O) groups excluding carboxylic acids is 1. The average Bonchev–Trinajstić information content (AvgIpc) is 2.43. The van der Waals surface area contributed by atoms with E-state index in [1.54, 1.807) is 0 Å². The molecule has 1 atom stereocenters. The number of hydrogen-bond donors (Lipinski definition) is 3. The molecular formula is C12H16N2O6S. The largest absolute Gasteiger partial charge is 0.496 e. The number of amides is 1. The third-order valence-electron chi connectivity index (χ3n) is 2.75. The Kier molecular flexibility index (Phi) is 5.28. The van der Waals surface area contributed by atoms with Crippen LogP contribution in [0, 0.1) is 0 Å². The van der Waals surface area contributed by atoms with Crippen molar-refractivity contribution in [3.63, 3.8) is 0 Å². The molecule has 8 nitrogen and oxygen atoms in total. The summed E-state index contributed by atoms with van der Waals surface area (Å²) in [6.07, 6.45) is 0.0768. The summed E-state index contributed by atoms with van der Waals surface area (Å²) in [6.45, 7) is 1.53.